The SMILES string of the molecule is COc1cccc(CCC(=O)N2CC(c3nncn3C3CC3)C3(CCC3)C2)c1. The van der Waals surface area contributed by atoms with Crippen molar-refractivity contribution in [3.05, 3.63) is 42.0 Å². The average molecular weight is 380 g/mol. The summed E-state index contributed by atoms with van der Waals surface area (Å²) in [6.07, 6.45) is 9.33. The van der Waals surface area contributed by atoms with Crippen molar-refractivity contribution in [3.63, 3.8) is 0 Å². The normalized spacial score (nSPS) is 23.0. The zero-order valence-electron chi connectivity index (χ0n) is 16.5. The molecule has 2 saturated carbocycles. The Hall–Kier alpha value is -2.37. The van der Waals surface area contributed by atoms with Crippen LogP contribution in [0.5, 0.6) is 5.75 Å². The van der Waals surface area contributed by atoms with Crippen molar-refractivity contribution in [2.24, 2.45) is 5.41 Å². The maximum absolute atomic E-state index is 13.0. The summed E-state index contributed by atoms with van der Waals surface area (Å²) < 4.78 is 7.58. The second-order valence-corrected chi connectivity index (χ2v) is 8.72. The second-order valence-electron chi connectivity index (χ2n) is 8.72. The van der Waals surface area contributed by atoms with Crippen LogP contribution in [0.3, 0.4) is 0 Å². The van der Waals surface area contributed by atoms with E-state index in [0.29, 0.717) is 18.4 Å². The molecule has 1 spiro atoms. The standard InChI is InChI=1S/C22H28N4O2/c1-28-18-5-2-4-16(12-18)6-9-20(27)25-13-19(22(14-25)10-3-11-22)21-24-23-15-26(21)17-7-8-17/h2,4-5,12,15,17,19H,3,6-11,13-14H2,1H3. The summed E-state index contributed by atoms with van der Waals surface area (Å²) in [5, 5.41) is 8.72. The first-order chi connectivity index (χ1) is 13.7. The van der Waals surface area contributed by atoms with Gasteiger partial charge in [0.25, 0.3) is 0 Å². The summed E-state index contributed by atoms with van der Waals surface area (Å²) in [5.74, 6) is 2.56. The van der Waals surface area contributed by atoms with E-state index in [0.717, 1.165) is 36.6 Å². The number of carbonyl (C=O) groups excluding carboxylic acids is 1. The molecular weight excluding hydrogens is 352 g/mol. The van der Waals surface area contributed by atoms with Gasteiger partial charge in [0.05, 0.1) is 7.11 Å². The van der Waals surface area contributed by atoms with Gasteiger partial charge in [-0.15, -0.1) is 10.2 Å². The Balaban J connectivity index is 1.28. The molecule has 1 aromatic carbocycles. The molecule has 28 heavy (non-hydrogen) atoms. The van der Waals surface area contributed by atoms with E-state index in [-0.39, 0.29) is 11.3 Å². The van der Waals surface area contributed by atoms with E-state index in [4.69, 9.17) is 4.74 Å². The molecule has 1 saturated heterocycles. The molecule has 1 aliphatic heterocycles. The lowest BCUT2D eigenvalue weighted by molar-refractivity contribution is -0.130. The third-order valence-electron chi connectivity index (χ3n) is 6.96. The van der Waals surface area contributed by atoms with E-state index in [2.05, 4.69) is 25.7 Å². The highest BCUT2D eigenvalue weighted by Gasteiger charge is 2.53. The van der Waals surface area contributed by atoms with Gasteiger partial charge >= 0.3 is 0 Å². The van der Waals surface area contributed by atoms with Crippen molar-refractivity contribution in [1.29, 1.82) is 0 Å². The Labute approximate surface area is 165 Å². The Morgan fingerprint density at radius 2 is 2.18 bits per heavy atom. The zero-order chi connectivity index (χ0) is 19.1. The van der Waals surface area contributed by atoms with E-state index in [9.17, 15) is 4.79 Å². The van der Waals surface area contributed by atoms with E-state index in [1.807, 2.05) is 24.5 Å². The fourth-order valence-corrected chi connectivity index (χ4v) is 5.02. The topological polar surface area (TPSA) is 60.2 Å². The number of aromatic nitrogens is 3. The molecular formula is C22H28N4O2. The van der Waals surface area contributed by atoms with Crippen LogP contribution >= 0.6 is 0 Å². The molecule has 6 heteroatoms. The molecule has 1 atom stereocenters. The van der Waals surface area contributed by atoms with Crippen LogP contribution in [0, 0.1) is 5.41 Å². The van der Waals surface area contributed by atoms with Crippen LogP contribution in [0.4, 0.5) is 0 Å². The Kier molecular flexibility index (Phi) is 4.37. The van der Waals surface area contributed by atoms with Crippen molar-refractivity contribution in [1.82, 2.24) is 19.7 Å². The highest BCUT2D eigenvalue weighted by Crippen LogP contribution is 2.56. The minimum absolute atomic E-state index is 0.227. The number of carbonyl (C=O) groups is 1. The Morgan fingerprint density at radius 3 is 2.89 bits per heavy atom. The molecule has 0 bridgehead atoms. The number of aryl methyl sites for hydroxylation is 1. The fourth-order valence-electron chi connectivity index (χ4n) is 5.02. The molecule has 5 rings (SSSR count). The highest BCUT2D eigenvalue weighted by molar-refractivity contribution is 5.77. The van der Waals surface area contributed by atoms with Crippen molar-refractivity contribution < 1.29 is 9.53 Å². The van der Waals surface area contributed by atoms with Crippen molar-refractivity contribution in [2.75, 3.05) is 20.2 Å². The number of benzene rings is 1. The molecule has 6 nitrogen and oxygen atoms in total. The molecule has 2 heterocycles. The van der Waals surface area contributed by atoms with E-state index >= 15 is 0 Å². The summed E-state index contributed by atoms with van der Waals surface area (Å²) in [6.45, 7) is 1.68. The van der Waals surface area contributed by atoms with Gasteiger partial charge in [0, 0.05) is 31.5 Å². The summed E-state index contributed by atoms with van der Waals surface area (Å²) in [5.41, 5.74) is 1.38. The number of hydrogen-bond acceptors (Lipinski definition) is 4. The smallest absolute Gasteiger partial charge is 0.222 e. The van der Waals surface area contributed by atoms with Gasteiger partial charge in [0.2, 0.25) is 5.91 Å². The molecule has 2 aromatic rings. The van der Waals surface area contributed by atoms with E-state index < -0.39 is 0 Å². The summed E-state index contributed by atoms with van der Waals surface area (Å²) >= 11 is 0. The van der Waals surface area contributed by atoms with Crippen LogP contribution in [-0.4, -0.2) is 45.8 Å². The monoisotopic (exact) mass is 380 g/mol. The van der Waals surface area contributed by atoms with Crippen molar-refractivity contribution in [2.45, 2.75) is 56.9 Å². The molecule has 1 unspecified atom stereocenters. The van der Waals surface area contributed by atoms with Crippen molar-refractivity contribution in [3.8, 4) is 5.75 Å². The first-order valence-corrected chi connectivity index (χ1v) is 10.5. The predicted molar refractivity (Wildman–Crippen MR) is 105 cm³/mol. The van der Waals surface area contributed by atoms with Gasteiger partial charge < -0.3 is 14.2 Å². The number of ether oxygens (including phenoxy) is 1. The third-order valence-corrected chi connectivity index (χ3v) is 6.96. The number of hydrogen-bond donors (Lipinski definition) is 0. The maximum Gasteiger partial charge on any atom is 0.222 e. The Bertz CT molecular complexity index is 869. The van der Waals surface area contributed by atoms with Gasteiger partial charge in [0.15, 0.2) is 0 Å². The van der Waals surface area contributed by atoms with Crippen LogP contribution in [0.25, 0.3) is 0 Å². The number of amides is 1. The number of methoxy groups -OCH3 is 1. The molecule has 1 aromatic heterocycles. The van der Waals surface area contributed by atoms with E-state index in [1.165, 1.54) is 32.1 Å². The number of likely N-dealkylation sites (tertiary alicyclic amines) is 1. The molecule has 148 valence electrons. The average Bonchev–Trinajstić information content (AvgIpc) is 3.27. The molecule has 1 amide bonds. The van der Waals surface area contributed by atoms with Gasteiger partial charge in [-0.3, -0.25) is 4.79 Å². The zero-order valence-corrected chi connectivity index (χ0v) is 16.5. The van der Waals surface area contributed by atoms with E-state index in [1.54, 1.807) is 7.11 Å². The maximum atomic E-state index is 13.0. The van der Waals surface area contributed by atoms with Crippen LogP contribution < -0.4 is 4.74 Å². The van der Waals surface area contributed by atoms with Gasteiger partial charge in [0.1, 0.15) is 17.9 Å². The molecule has 2 aliphatic carbocycles. The van der Waals surface area contributed by atoms with Gasteiger partial charge in [-0.25, -0.2) is 0 Å². The summed E-state index contributed by atoms with van der Waals surface area (Å²) in [6, 6.07) is 8.59. The lowest BCUT2D eigenvalue weighted by atomic mass is 9.62. The fraction of sp³-hybridized carbons (Fsp3) is 0.591. The largest absolute Gasteiger partial charge is 0.497 e. The lowest BCUT2D eigenvalue weighted by Crippen LogP contribution is -2.38. The number of rotatable bonds is 6. The predicted octanol–water partition coefficient (Wildman–Crippen LogP) is 3.35. The minimum atomic E-state index is 0.227. The minimum Gasteiger partial charge on any atom is -0.497 e. The first kappa shape index (κ1) is 17.7. The third kappa shape index (κ3) is 3.09. The van der Waals surface area contributed by atoms with Gasteiger partial charge in [-0.2, -0.15) is 0 Å². The molecule has 3 fully saturated rings. The first-order valence-electron chi connectivity index (χ1n) is 10.5. The molecule has 0 N–H and O–H groups in total. The highest BCUT2D eigenvalue weighted by atomic mass is 16.5. The number of nitrogens with zero attached hydrogens (tertiary/aromatic N) is 4. The van der Waals surface area contributed by atoms with Crippen LogP contribution in [-0.2, 0) is 11.2 Å². The lowest BCUT2D eigenvalue weighted by Gasteiger charge is -2.42. The van der Waals surface area contributed by atoms with Crippen LogP contribution in [0.15, 0.2) is 30.6 Å². The van der Waals surface area contributed by atoms with Gasteiger partial charge in [-0.05, 0) is 55.2 Å². The van der Waals surface area contributed by atoms with Crippen molar-refractivity contribution >= 4 is 5.91 Å². The summed E-state index contributed by atoms with van der Waals surface area (Å²) in [4.78, 5) is 15.1. The molecule has 3 aliphatic rings. The van der Waals surface area contributed by atoms with Crippen LogP contribution in [0.2, 0.25) is 0 Å². The summed E-state index contributed by atoms with van der Waals surface area (Å²) in [7, 11) is 1.67. The van der Waals surface area contributed by atoms with Crippen LogP contribution in [0.1, 0.15) is 61.9 Å². The second kappa shape index (κ2) is 6.90. The molecule has 0 radical (unpaired) electrons. The quantitative estimate of drug-likeness (QED) is 0.771. The van der Waals surface area contributed by atoms with Gasteiger partial charge in [-0.1, -0.05) is 18.6 Å². The Morgan fingerprint density at radius 1 is 1.32 bits per heavy atom.